The quantitative estimate of drug-likeness (QED) is 0.125. The average Bonchev–Trinajstić information content (AvgIpc) is 3.13. The third-order valence-electron chi connectivity index (χ3n) is 6.32. The summed E-state index contributed by atoms with van der Waals surface area (Å²) in [4.78, 5) is 13.2. The van der Waals surface area contributed by atoms with Gasteiger partial charge in [-0.25, -0.2) is 4.79 Å². The van der Waals surface area contributed by atoms with Gasteiger partial charge in [-0.05, 0) is 56.9 Å². The van der Waals surface area contributed by atoms with Gasteiger partial charge in [0, 0.05) is 20.2 Å². The molecule has 0 saturated carbocycles. The van der Waals surface area contributed by atoms with Gasteiger partial charge in [0.1, 0.15) is 23.5 Å². The summed E-state index contributed by atoms with van der Waals surface area (Å²) in [7, 11) is 0.102. The highest BCUT2D eigenvalue weighted by Crippen LogP contribution is 2.34. The lowest BCUT2D eigenvalue weighted by Crippen LogP contribution is -2.34. The van der Waals surface area contributed by atoms with Gasteiger partial charge in [0.05, 0.1) is 18.8 Å². The summed E-state index contributed by atoms with van der Waals surface area (Å²) < 4.78 is 28.4. The van der Waals surface area contributed by atoms with Crippen LogP contribution in [0.5, 0.6) is 5.75 Å². The fraction of sp³-hybridized carbons (Fsp3) is 0.621. The molecule has 10 heteroatoms. The fourth-order valence-corrected chi connectivity index (χ4v) is 4.86. The van der Waals surface area contributed by atoms with Gasteiger partial charge < -0.3 is 33.9 Å². The van der Waals surface area contributed by atoms with Crippen molar-refractivity contribution in [1.29, 1.82) is 0 Å². The summed E-state index contributed by atoms with van der Waals surface area (Å²) in [6.45, 7) is 14.1. The van der Waals surface area contributed by atoms with Crippen molar-refractivity contribution in [3.05, 3.63) is 46.5 Å². The number of methoxy groups -OCH3 is 1. The minimum absolute atomic E-state index is 0.0538. The second-order valence-electron chi connectivity index (χ2n) is 11.6. The smallest absolute Gasteiger partial charge is 0.342 e. The third kappa shape index (κ3) is 11.0. The van der Waals surface area contributed by atoms with Crippen LogP contribution in [0.15, 0.2) is 30.4 Å². The van der Waals surface area contributed by atoms with E-state index in [0.29, 0.717) is 23.6 Å². The van der Waals surface area contributed by atoms with E-state index >= 15 is 0 Å². The van der Waals surface area contributed by atoms with E-state index in [2.05, 4.69) is 19.6 Å². The van der Waals surface area contributed by atoms with Crippen LogP contribution >= 0.6 is 11.6 Å². The molecule has 2 rings (SSSR count). The number of aliphatic hydroxyl groups excluding tert-OH is 2. The van der Waals surface area contributed by atoms with Gasteiger partial charge in [0.2, 0.25) is 0 Å². The molecular formula is C29H45ClO8Si. The van der Waals surface area contributed by atoms with Crippen LogP contribution in [0.1, 0.15) is 50.0 Å². The fourth-order valence-electron chi connectivity index (χ4n) is 3.93. The molecule has 0 aliphatic carbocycles. The van der Waals surface area contributed by atoms with Crippen LogP contribution in [0.2, 0.25) is 30.7 Å². The lowest BCUT2D eigenvalue weighted by Gasteiger charge is -2.20. The van der Waals surface area contributed by atoms with Crippen molar-refractivity contribution in [3.63, 3.8) is 0 Å². The number of carbonyl (C=O) groups is 1. The minimum Gasteiger partial charge on any atom is -0.467 e. The molecule has 0 bridgehead atoms. The van der Waals surface area contributed by atoms with Crippen molar-refractivity contribution in [2.75, 3.05) is 20.5 Å². The highest BCUT2D eigenvalue weighted by molar-refractivity contribution is 6.76. The number of aliphatic hydroxyl groups is 2. The van der Waals surface area contributed by atoms with Crippen molar-refractivity contribution < 1.29 is 38.7 Å². The molecule has 0 amide bonds. The number of ether oxygens (including phenoxy) is 5. The van der Waals surface area contributed by atoms with Crippen molar-refractivity contribution in [3.8, 4) is 5.75 Å². The maximum atomic E-state index is 13.2. The van der Waals surface area contributed by atoms with E-state index in [1.807, 2.05) is 13.0 Å². The molecule has 1 unspecified atom stereocenters. The van der Waals surface area contributed by atoms with Gasteiger partial charge in [-0.15, -0.1) is 0 Å². The molecule has 2 N–H and O–H groups in total. The summed E-state index contributed by atoms with van der Waals surface area (Å²) in [6.07, 6.45) is 4.89. The standard InChI is InChI=1S/C29H45ClO8Si/c1-19(20(2)31)12-13-23(32)27-24(37-29(3,4)38-27)11-9-10-21-16-22(30)17-25(36-18-34-5)26(21)28(33)35-14-15-39(6,7)8/h9-10,12-13,16-17,19-20,23-24,27,31-32H,11,14-15,18H2,1-8H3/b10-9+,13-12-/t19-,20+,23?,24+,27-/m1/s1. The molecule has 8 nitrogen and oxygen atoms in total. The molecular weight excluding hydrogens is 540 g/mol. The Labute approximate surface area is 238 Å². The summed E-state index contributed by atoms with van der Waals surface area (Å²) in [5, 5.41) is 20.9. The zero-order valence-corrected chi connectivity index (χ0v) is 26.2. The van der Waals surface area contributed by atoms with E-state index in [-0.39, 0.29) is 24.0 Å². The van der Waals surface area contributed by atoms with Gasteiger partial charge in [-0.3, -0.25) is 0 Å². The summed E-state index contributed by atoms with van der Waals surface area (Å²) in [6, 6.07) is 4.08. The number of hydrogen-bond donors (Lipinski definition) is 2. The largest absolute Gasteiger partial charge is 0.467 e. The van der Waals surface area contributed by atoms with Crippen LogP contribution in [0, 0.1) is 5.92 Å². The first-order valence-electron chi connectivity index (χ1n) is 13.3. The van der Waals surface area contributed by atoms with Crippen molar-refractivity contribution in [1.82, 2.24) is 0 Å². The van der Waals surface area contributed by atoms with E-state index in [4.69, 9.17) is 35.3 Å². The molecule has 1 saturated heterocycles. The number of carbonyl (C=O) groups excluding carboxylic acids is 1. The van der Waals surface area contributed by atoms with Crippen LogP contribution in [0.4, 0.5) is 0 Å². The lowest BCUT2D eigenvalue weighted by atomic mass is 10.00. The van der Waals surface area contributed by atoms with Crippen molar-refractivity contribution >= 4 is 31.7 Å². The predicted molar refractivity (Wildman–Crippen MR) is 156 cm³/mol. The Morgan fingerprint density at radius 1 is 1.18 bits per heavy atom. The first kappa shape index (κ1) is 33.5. The Morgan fingerprint density at radius 2 is 1.87 bits per heavy atom. The van der Waals surface area contributed by atoms with Gasteiger partial charge in [-0.2, -0.15) is 0 Å². The second-order valence-corrected chi connectivity index (χ2v) is 17.7. The molecule has 1 aliphatic rings. The molecule has 39 heavy (non-hydrogen) atoms. The summed E-state index contributed by atoms with van der Waals surface area (Å²) in [5.74, 6) is -1.22. The summed E-state index contributed by atoms with van der Waals surface area (Å²) in [5.41, 5.74) is 0.798. The van der Waals surface area contributed by atoms with E-state index < -0.39 is 44.2 Å². The molecule has 0 radical (unpaired) electrons. The maximum Gasteiger partial charge on any atom is 0.342 e. The number of benzene rings is 1. The highest BCUT2D eigenvalue weighted by Gasteiger charge is 2.43. The first-order valence-corrected chi connectivity index (χ1v) is 17.4. The summed E-state index contributed by atoms with van der Waals surface area (Å²) >= 11 is 6.36. The monoisotopic (exact) mass is 584 g/mol. The molecule has 220 valence electrons. The number of hydrogen-bond acceptors (Lipinski definition) is 8. The van der Waals surface area contributed by atoms with Crippen molar-refractivity contribution in [2.45, 2.75) is 90.0 Å². The Kier molecular flexibility index (Phi) is 12.7. The van der Waals surface area contributed by atoms with Crippen LogP contribution in [0.3, 0.4) is 0 Å². The molecule has 0 spiro atoms. The molecule has 1 aromatic rings. The van der Waals surface area contributed by atoms with Gasteiger partial charge in [0.15, 0.2) is 12.6 Å². The van der Waals surface area contributed by atoms with Crippen molar-refractivity contribution in [2.24, 2.45) is 5.92 Å². The van der Waals surface area contributed by atoms with Gasteiger partial charge in [-0.1, -0.05) is 62.5 Å². The molecule has 0 aromatic heterocycles. The first-order chi connectivity index (χ1) is 18.1. The Bertz CT molecular complexity index is 1000. The molecule has 1 heterocycles. The molecule has 5 atom stereocenters. The van der Waals surface area contributed by atoms with E-state index in [1.54, 1.807) is 51.1 Å². The number of halogens is 1. The van der Waals surface area contributed by atoms with Gasteiger partial charge in [0.25, 0.3) is 0 Å². The average molecular weight is 585 g/mol. The Hall–Kier alpha value is -1.72. The zero-order valence-electron chi connectivity index (χ0n) is 24.4. The SMILES string of the molecule is COCOc1cc(Cl)cc(/C=C/C[C@@H]2OC(C)(C)O[C@@H]2C(O)/C=C\[C@@H](C)[C@H](C)O)c1C(=O)OCC[Si](C)(C)C. The molecule has 1 fully saturated rings. The molecule has 1 aliphatic heterocycles. The van der Waals surface area contributed by atoms with Crippen LogP contribution in [-0.4, -0.2) is 75.0 Å². The minimum atomic E-state index is -1.39. The second kappa shape index (κ2) is 14.8. The normalized spacial score (nSPS) is 21.8. The highest BCUT2D eigenvalue weighted by atomic mass is 35.5. The third-order valence-corrected chi connectivity index (χ3v) is 8.24. The number of rotatable bonds is 14. The van der Waals surface area contributed by atoms with E-state index in [1.165, 1.54) is 7.11 Å². The Balaban J connectivity index is 2.27. The Morgan fingerprint density at radius 3 is 2.49 bits per heavy atom. The van der Waals surface area contributed by atoms with E-state index in [0.717, 1.165) is 6.04 Å². The topological polar surface area (TPSA) is 104 Å². The van der Waals surface area contributed by atoms with Gasteiger partial charge >= 0.3 is 5.97 Å². The van der Waals surface area contributed by atoms with Crippen LogP contribution in [0.25, 0.3) is 6.08 Å². The van der Waals surface area contributed by atoms with Crippen LogP contribution < -0.4 is 4.74 Å². The van der Waals surface area contributed by atoms with E-state index in [9.17, 15) is 15.0 Å². The van der Waals surface area contributed by atoms with Crippen LogP contribution in [-0.2, 0) is 18.9 Å². The zero-order chi connectivity index (χ0) is 29.4. The lowest BCUT2D eigenvalue weighted by molar-refractivity contribution is -0.152. The number of esters is 1. The maximum absolute atomic E-state index is 13.2. The molecule has 1 aromatic carbocycles. The predicted octanol–water partition coefficient (Wildman–Crippen LogP) is 5.68.